The molecule has 0 atom stereocenters. The number of hydrogen-bond donors (Lipinski definition) is 3. The van der Waals surface area contributed by atoms with E-state index in [1.807, 2.05) is 33.8 Å². The Morgan fingerprint density at radius 1 is 1.21 bits per heavy atom. The van der Waals surface area contributed by atoms with Crippen LogP contribution in [0.15, 0.2) is 18.2 Å². The number of benzene rings is 1. The molecule has 0 radical (unpaired) electrons. The predicted molar refractivity (Wildman–Crippen MR) is 128 cm³/mol. The standard InChI is InChI=1S/C25H32N4O4/c1-13(2)32-11-25(8-9-25)12-33-24-15(4)10-17-19(22(27)31)21(26)29(23(17)28-24)20-14(3)6-7-18(30)16(20)5/h6-7,10,13,30H,8-9,11-12,26H2,1-5H3,(H2,27,31). The van der Waals surface area contributed by atoms with Crippen molar-refractivity contribution in [1.29, 1.82) is 0 Å². The number of carbonyl (C=O) groups excluding carboxylic acids is 1. The van der Waals surface area contributed by atoms with Gasteiger partial charge in [0, 0.05) is 21.9 Å². The van der Waals surface area contributed by atoms with Crippen LogP contribution in [-0.2, 0) is 4.74 Å². The lowest BCUT2D eigenvalue weighted by atomic mass is 10.1. The number of aryl methyl sites for hydroxylation is 2. The van der Waals surface area contributed by atoms with Gasteiger partial charge in [0.25, 0.3) is 5.91 Å². The van der Waals surface area contributed by atoms with Gasteiger partial charge in [-0.3, -0.25) is 9.36 Å². The van der Waals surface area contributed by atoms with Crippen LogP contribution in [0.25, 0.3) is 16.7 Å². The summed E-state index contributed by atoms with van der Waals surface area (Å²) >= 11 is 0. The van der Waals surface area contributed by atoms with Gasteiger partial charge in [0.15, 0.2) is 5.65 Å². The average Bonchev–Trinajstić information content (AvgIpc) is 3.46. The number of primary amides is 1. The summed E-state index contributed by atoms with van der Waals surface area (Å²) < 4.78 is 13.7. The number of phenols is 1. The maximum atomic E-state index is 12.3. The van der Waals surface area contributed by atoms with Crippen molar-refractivity contribution in [3.05, 3.63) is 40.5 Å². The molecule has 1 aromatic carbocycles. The molecule has 176 valence electrons. The van der Waals surface area contributed by atoms with E-state index in [9.17, 15) is 9.90 Å². The molecule has 8 nitrogen and oxygen atoms in total. The van der Waals surface area contributed by atoms with Crippen LogP contribution in [0.4, 0.5) is 5.82 Å². The number of rotatable bonds is 8. The van der Waals surface area contributed by atoms with Crippen molar-refractivity contribution < 1.29 is 19.4 Å². The molecular weight excluding hydrogens is 420 g/mol. The fourth-order valence-electron chi connectivity index (χ4n) is 4.18. The molecule has 0 aliphatic heterocycles. The molecule has 0 unspecified atom stereocenters. The lowest BCUT2D eigenvalue weighted by Gasteiger charge is -2.19. The molecule has 3 aromatic rings. The van der Waals surface area contributed by atoms with Crippen molar-refractivity contribution in [3.63, 3.8) is 0 Å². The number of nitrogen functional groups attached to an aromatic ring is 1. The van der Waals surface area contributed by atoms with E-state index in [1.54, 1.807) is 23.6 Å². The molecule has 0 saturated heterocycles. The third kappa shape index (κ3) is 4.11. The van der Waals surface area contributed by atoms with Crippen molar-refractivity contribution in [2.24, 2.45) is 11.1 Å². The number of nitrogens with zero attached hydrogens (tertiary/aromatic N) is 2. The summed E-state index contributed by atoms with van der Waals surface area (Å²) in [4.78, 5) is 17.1. The highest BCUT2D eigenvalue weighted by Gasteiger charge is 2.44. The number of hydrogen-bond acceptors (Lipinski definition) is 6. The molecule has 2 aromatic heterocycles. The maximum Gasteiger partial charge on any atom is 0.253 e. The molecule has 33 heavy (non-hydrogen) atoms. The summed E-state index contributed by atoms with van der Waals surface area (Å²) in [6, 6.07) is 5.26. The summed E-state index contributed by atoms with van der Waals surface area (Å²) in [6.07, 6.45) is 2.28. The van der Waals surface area contributed by atoms with Crippen LogP contribution in [0.5, 0.6) is 11.6 Å². The highest BCUT2D eigenvalue weighted by Crippen LogP contribution is 2.46. The molecule has 8 heteroatoms. The second kappa shape index (κ2) is 8.26. The Balaban J connectivity index is 1.82. The minimum atomic E-state index is -0.635. The van der Waals surface area contributed by atoms with Gasteiger partial charge in [-0.05, 0) is 65.2 Å². The van der Waals surface area contributed by atoms with E-state index in [4.69, 9.17) is 25.9 Å². The van der Waals surface area contributed by atoms with Crippen molar-refractivity contribution in [2.45, 2.75) is 53.6 Å². The number of amides is 1. The van der Waals surface area contributed by atoms with Crippen LogP contribution in [0, 0.1) is 26.2 Å². The number of pyridine rings is 1. The first kappa shape index (κ1) is 22.9. The highest BCUT2D eigenvalue weighted by atomic mass is 16.5. The summed E-state index contributed by atoms with van der Waals surface area (Å²) in [5.74, 6) is 0.150. The van der Waals surface area contributed by atoms with E-state index in [1.165, 1.54) is 0 Å². The number of carbonyl (C=O) groups is 1. The van der Waals surface area contributed by atoms with Gasteiger partial charge in [0.05, 0.1) is 30.6 Å². The smallest absolute Gasteiger partial charge is 0.253 e. The van der Waals surface area contributed by atoms with Gasteiger partial charge in [-0.1, -0.05) is 6.07 Å². The Labute approximate surface area is 193 Å². The second-order valence-corrected chi connectivity index (χ2v) is 9.47. The first-order valence-corrected chi connectivity index (χ1v) is 11.2. The molecular formula is C25H32N4O4. The molecule has 1 aliphatic rings. The van der Waals surface area contributed by atoms with Crippen LogP contribution in [-0.4, -0.2) is 39.9 Å². The Morgan fingerprint density at radius 2 is 1.91 bits per heavy atom. The minimum Gasteiger partial charge on any atom is -0.508 e. The average molecular weight is 453 g/mol. The van der Waals surface area contributed by atoms with Gasteiger partial charge in [-0.15, -0.1) is 0 Å². The van der Waals surface area contributed by atoms with Crippen LogP contribution in [0.1, 0.15) is 53.7 Å². The minimum absolute atomic E-state index is 0.0190. The molecule has 0 bridgehead atoms. The number of aromatic nitrogens is 2. The van der Waals surface area contributed by atoms with Gasteiger partial charge in [0.2, 0.25) is 5.88 Å². The van der Waals surface area contributed by atoms with E-state index in [0.29, 0.717) is 41.4 Å². The monoisotopic (exact) mass is 452 g/mol. The Kier molecular flexibility index (Phi) is 5.74. The summed E-state index contributed by atoms with van der Waals surface area (Å²) in [5.41, 5.74) is 15.8. The molecule has 1 fully saturated rings. The van der Waals surface area contributed by atoms with E-state index >= 15 is 0 Å². The molecule has 0 spiro atoms. The fourth-order valence-corrected chi connectivity index (χ4v) is 4.18. The first-order chi connectivity index (χ1) is 15.5. The second-order valence-electron chi connectivity index (χ2n) is 9.47. The van der Waals surface area contributed by atoms with E-state index in [2.05, 4.69) is 0 Å². The summed E-state index contributed by atoms with van der Waals surface area (Å²) in [6.45, 7) is 10.8. The number of ether oxygens (including phenoxy) is 2. The van der Waals surface area contributed by atoms with Gasteiger partial charge < -0.3 is 26.0 Å². The zero-order chi connectivity index (χ0) is 24.1. The number of aromatic hydroxyl groups is 1. The lowest BCUT2D eigenvalue weighted by Crippen LogP contribution is -2.22. The molecule has 1 amide bonds. The number of anilines is 1. The molecule has 5 N–H and O–H groups in total. The largest absolute Gasteiger partial charge is 0.508 e. The van der Waals surface area contributed by atoms with Gasteiger partial charge in [0.1, 0.15) is 11.6 Å². The fraction of sp³-hybridized carbons (Fsp3) is 0.440. The lowest BCUT2D eigenvalue weighted by molar-refractivity contribution is 0.0275. The van der Waals surface area contributed by atoms with Crippen molar-refractivity contribution >= 4 is 22.8 Å². The van der Waals surface area contributed by atoms with E-state index in [0.717, 1.165) is 24.0 Å². The van der Waals surface area contributed by atoms with E-state index < -0.39 is 5.91 Å². The van der Waals surface area contributed by atoms with E-state index in [-0.39, 0.29) is 28.6 Å². The SMILES string of the molecule is Cc1cc2c(C(N)=O)c(N)n(-c3c(C)ccc(O)c3C)c2nc1OCC1(COC(C)C)CC1. The van der Waals surface area contributed by atoms with Crippen LogP contribution in [0.2, 0.25) is 0 Å². The number of fused-ring (bicyclic) bond motifs is 1. The molecule has 1 saturated carbocycles. The van der Waals surface area contributed by atoms with Crippen molar-refractivity contribution in [2.75, 3.05) is 18.9 Å². The first-order valence-electron chi connectivity index (χ1n) is 11.2. The third-order valence-electron chi connectivity index (χ3n) is 6.39. The zero-order valence-corrected chi connectivity index (χ0v) is 19.9. The number of phenolic OH excluding ortho intramolecular Hbond substituents is 1. The Hall–Kier alpha value is -3.26. The highest BCUT2D eigenvalue weighted by molar-refractivity contribution is 6.11. The van der Waals surface area contributed by atoms with Crippen LogP contribution < -0.4 is 16.2 Å². The topological polar surface area (TPSA) is 126 Å². The van der Waals surface area contributed by atoms with Gasteiger partial charge >= 0.3 is 0 Å². The van der Waals surface area contributed by atoms with Crippen LogP contribution >= 0.6 is 0 Å². The molecule has 2 heterocycles. The summed E-state index contributed by atoms with van der Waals surface area (Å²) in [5, 5.41) is 10.9. The molecule has 1 aliphatic carbocycles. The van der Waals surface area contributed by atoms with Gasteiger partial charge in [-0.25, -0.2) is 0 Å². The Morgan fingerprint density at radius 3 is 2.52 bits per heavy atom. The predicted octanol–water partition coefficient (Wildman–Crippen LogP) is 3.92. The molecule has 4 rings (SSSR count). The summed E-state index contributed by atoms with van der Waals surface area (Å²) in [7, 11) is 0. The van der Waals surface area contributed by atoms with Crippen molar-refractivity contribution in [3.8, 4) is 17.3 Å². The van der Waals surface area contributed by atoms with Gasteiger partial charge in [-0.2, -0.15) is 4.98 Å². The normalized spacial score (nSPS) is 14.7. The quantitative estimate of drug-likeness (QED) is 0.476. The zero-order valence-electron chi connectivity index (χ0n) is 19.9. The maximum absolute atomic E-state index is 12.3. The third-order valence-corrected chi connectivity index (χ3v) is 6.39. The number of nitrogens with two attached hydrogens (primary N) is 2. The Bertz CT molecular complexity index is 1240. The van der Waals surface area contributed by atoms with Crippen LogP contribution in [0.3, 0.4) is 0 Å². The van der Waals surface area contributed by atoms with Crippen molar-refractivity contribution in [1.82, 2.24) is 9.55 Å².